The highest BCUT2D eigenvalue weighted by Gasteiger charge is 2.78. The number of nitrogens with one attached hydrogen (secondary N) is 1. The third-order valence-corrected chi connectivity index (χ3v) is 8.50. The Labute approximate surface area is 234 Å². The van der Waals surface area contributed by atoms with Crippen LogP contribution in [0.5, 0.6) is 5.88 Å². The molecule has 1 N–H and O–H groups in total. The van der Waals surface area contributed by atoms with Crippen molar-refractivity contribution < 1.29 is 28.6 Å². The van der Waals surface area contributed by atoms with Crippen LogP contribution < -0.4 is 15.0 Å². The van der Waals surface area contributed by atoms with Crippen LogP contribution >= 0.6 is 11.6 Å². The molecular weight excluding hydrogens is 536 g/mol. The Morgan fingerprint density at radius 3 is 2.62 bits per heavy atom. The Kier molecular flexibility index (Phi) is 6.16. The number of carbonyl (C=O) groups excluding carboxylic acids is 3. The largest absolute Gasteiger partial charge is 0.478 e. The van der Waals surface area contributed by atoms with Crippen molar-refractivity contribution in [3.05, 3.63) is 65.3 Å². The maximum Gasteiger partial charge on any atom is 0.407 e. The van der Waals surface area contributed by atoms with Crippen molar-refractivity contribution in [3.8, 4) is 11.9 Å². The molecule has 3 aromatic rings. The van der Waals surface area contributed by atoms with Gasteiger partial charge in [-0.25, -0.2) is 14.7 Å². The van der Waals surface area contributed by atoms with Gasteiger partial charge in [-0.1, -0.05) is 35.9 Å². The lowest BCUT2D eigenvalue weighted by Crippen LogP contribution is -2.52. The summed E-state index contributed by atoms with van der Waals surface area (Å²) in [6, 6.07) is 15.9. The first-order valence-electron chi connectivity index (χ1n) is 12.8. The minimum atomic E-state index is -1.24. The van der Waals surface area contributed by atoms with Crippen molar-refractivity contribution in [2.24, 2.45) is 11.8 Å². The first-order chi connectivity index (χ1) is 19.2. The summed E-state index contributed by atoms with van der Waals surface area (Å²) in [5.74, 6) is -2.16. The number of nitrogens with zero attached hydrogens (tertiary/aromatic N) is 3. The molecule has 2 bridgehead atoms. The number of anilines is 1. The van der Waals surface area contributed by atoms with Crippen molar-refractivity contribution in [1.82, 2.24) is 10.3 Å². The zero-order valence-electron chi connectivity index (χ0n) is 21.7. The van der Waals surface area contributed by atoms with E-state index in [-0.39, 0.29) is 19.4 Å². The highest BCUT2D eigenvalue weighted by Crippen LogP contribution is 2.63. The van der Waals surface area contributed by atoms with E-state index in [2.05, 4.69) is 16.4 Å². The number of pyridine rings is 1. The first kappa shape index (κ1) is 26.0. The monoisotopic (exact) mass is 560 g/mol. The zero-order chi connectivity index (χ0) is 28.2. The van der Waals surface area contributed by atoms with Crippen LogP contribution in [0.4, 0.5) is 10.5 Å². The van der Waals surface area contributed by atoms with Crippen LogP contribution in [0, 0.1) is 23.2 Å². The van der Waals surface area contributed by atoms with Crippen molar-refractivity contribution in [1.29, 1.82) is 5.26 Å². The van der Waals surface area contributed by atoms with Crippen LogP contribution in [0.25, 0.3) is 10.8 Å². The molecule has 3 amide bonds. The van der Waals surface area contributed by atoms with E-state index in [9.17, 15) is 19.6 Å². The quantitative estimate of drug-likeness (QED) is 0.448. The molecule has 40 heavy (non-hydrogen) atoms. The van der Waals surface area contributed by atoms with Crippen LogP contribution in [-0.4, -0.2) is 53.9 Å². The average molecular weight is 561 g/mol. The lowest BCUT2D eigenvalue weighted by molar-refractivity contribution is -0.134. The minimum absolute atomic E-state index is 0.141. The first-order valence-corrected chi connectivity index (χ1v) is 13.2. The van der Waals surface area contributed by atoms with E-state index in [0.717, 1.165) is 0 Å². The van der Waals surface area contributed by atoms with E-state index < -0.39 is 47.0 Å². The summed E-state index contributed by atoms with van der Waals surface area (Å²) in [7, 11) is 1.45. The molecule has 3 fully saturated rings. The van der Waals surface area contributed by atoms with Gasteiger partial charge in [0.2, 0.25) is 17.7 Å². The highest BCUT2D eigenvalue weighted by atomic mass is 35.5. The highest BCUT2D eigenvalue weighted by molar-refractivity contribution is 6.30. The zero-order valence-corrected chi connectivity index (χ0v) is 22.5. The van der Waals surface area contributed by atoms with Crippen LogP contribution in [0.3, 0.4) is 0 Å². The summed E-state index contributed by atoms with van der Waals surface area (Å²) < 4.78 is 18.0. The van der Waals surface area contributed by atoms with Gasteiger partial charge < -0.3 is 19.5 Å². The van der Waals surface area contributed by atoms with E-state index >= 15 is 0 Å². The standard InChI is InChI=1S/C29H25ClN4O6/c1-28-21(39-27(37)32-2)13-29(40-28,11-12-38-22-10-8-17(30)15-33-22)24-23(28)25(35)34(26(24)36)20-9-7-16(14-31)18-5-3-4-6-19(18)20/h3-10,15,21,23-24H,11-13H2,1-2H3,(H,32,37). The number of fused-ring (bicyclic) bond motifs is 6. The van der Waals surface area contributed by atoms with Gasteiger partial charge in [-0.05, 0) is 25.1 Å². The Hall–Kier alpha value is -4.20. The molecule has 10 nitrogen and oxygen atoms in total. The molecule has 0 radical (unpaired) electrons. The molecule has 3 aliphatic heterocycles. The summed E-state index contributed by atoms with van der Waals surface area (Å²) in [4.78, 5) is 45.8. The number of rotatable bonds is 6. The fourth-order valence-corrected chi connectivity index (χ4v) is 6.65. The number of nitriles is 1. The lowest BCUT2D eigenvalue weighted by Gasteiger charge is -2.35. The Morgan fingerprint density at radius 1 is 1.18 bits per heavy atom. The summed E-state index contributed by atoms with van der Waals surface area (Å²) in [6.45, 7) is 1.86. The third-order valence-electron chi connectivity index (χ3n) is 8.28. The molecule has 0 spiro atoms. The molecule has 0 saturated carbocycles. The fraction of sp³-hybridized carbons (Fsp3) is 0.345. The Morgan fingerprint density at radius 2 is 1.93 bits per heavy atom. The number of aromatic nitrogens is 1. The lowest BCUT2D eigenvalue weighted by atomic mass is 9.66. The number of alkyl carbamates (subject to hydrolysis) is 1. The number of imide groups is 1. The van der Waals surface area contributed by atoms with Gasteiger partial charge in [-0.3, -0.25) is 9.59 Å². The van der Waals surface area contributed by atoms with Crippen LogP contribution in [-0.2, 0) is 19.1 Å². The molecule has 11 heteroatoms. The van der Waals surface area contributed by atoms with Gasteiger partial charge in [0, 0.05) is 42.9 Å². The van der Waals surface area contributed by atoms with Gasteiger partial charge >= 0.3 is 6.09 Å². The Balaban J connectivity index is 1.38. The summed E-state index contributed by atoms with van der Waals surface area (Å²) in [5, 5.41) is 13.8. The van der Waals surface area contributed by atoms with Crippen molar-refractivity contribution in [2.45, 2.75) is 37.1 Å². The SMILES string of the molecule is CNC(=O)OC1CC2(CCOc3ccc(Cl)cn3)OC1(C)C1C(=O)N(c3ccc(C#N)c4ccccc34)C(=O)C12. The number of halogens is 1. The molecule has 5 unspecified atom stereocenters. The van der Waals surface area contributed by atoms with Crippen molar-refractivity contribution >= 4 is 46.0 Å². The number of ether oxygens (including phenoxy) is 3. The third kappa shape index (κ3) is 3.80. The van der Waals surface area contributed by atoms with Crippen molar-refractivity contribution in [3.63, 3.8) is 0 Å². The molecule has 3 aliphatic rings. The molecule has 5 atom stereocenters. The van der Waals surface area contributed by atoms with Gasteiger partial charge in [-0.2, -0.15) is 5.26 Å². The average Bonchev–Trinajstić information content (AvgIpc) is 3.50. The van der Waals surface area contributed by atoms with Gasteiger partial charge in [-0.15, -0.1) is 0 Å². The number of amides is 3. The smallest absolute Gasteiger partial charge is 0.407 e. The van der Waals surface area contributed by atoms with Gasteiger partial charge in [0.25, 0.3) is 0 Å². The second kappa shape index (κ2) is 9.47. The number of hydrogen-bond acceptors (Lipinski definition) is 8. The second-order valence-corrected chi connectivity index (χ2v) is 10.8. The Bertz CT molecular complexity index is 1590. The summed E-state index contributed by atoms with van der Waals surface area (Å²) >= 11 is 5.92. The molecule has 2 aromatic carbocycles. The topological polar surface area (TPSA) is 131 Å². The minimum Gasteiger partial charge on any atom is -0.478 e. The van der Waals surface area contributed by atoms with E-state index in [4.69, 9.17) is 25.8 Å². The van der Waals surface area contributed by atoms with Gasteiger partial charge in [0.1, 0.15) is 11.7 Å². The van der Waals surface area contributed by atoms with E-state index in [1.165, 1.54) is 18.1 Å². The second-order valence-electron chi connectivity index (χ2n) is 10.4. The summed E-state index contributed by atoms with van der Waals surface area (Å²) in [5.41, 5.74) is -1.51. The number of carbonyl (C=O) groups is 3. The number of benzene rings is 2. The van der Waals surface area contributed by atoms with Crippen molar-refractivity contribution in [2.75, 3.05) is 18.6 Å². The van der Waals surface area contributed by atoms with Gasteiger partial charge in [0.15, 0.2) is 0 Å². The molecule has 3 saturated heterocycles. The molecule has 1 aromatic heterocycles. The van der Waals surface area contributed by atoms with Crippen LogP contribution in [0.15, 0.2) is 54.7 Å². The fourth-order valence-electron chi connectivity index (χ4n) is 6.54. The van der Waals surface area contributed by atoms with Crippen LogP contribution in [0.2, 0.25) is 5.02 Å². The normalized spacial score (nSPS) is 28.4. The number of hydrogen-bond donors (Lipinski definition) is 1. The molecule has 4 heterocycles. The predicted octanol–water partition coefficient (Wildman–Crippen LogP) is 3.99. The maximum atomic E-state index is 14.2. The van der Waals surface area contributed by atoms with E-state index in [0.29, 0.717) is 32.9 Å². The predicted molar refractivity (Wildman–Crippen MR) is 144 cm³/mol. The van der Waals surface area contributed by atoms with Gasteiger partial charge in [0.05, 0.1) is 46.4 Å². The molecule has 204 valence electrons. The van der Waals surface area contributed by atoms with E-state index in [1.54, 1.807) is 55.5 Å². The summed E-state index contributed by atoms with van der Waals surface area (Å²) in [6.07, 6.45) is 0.522. The maximum absolute atomic E-state index is 14.2. The molecular formula is C29H25ClN4O6. The molecule has 6 rings (SSSR count). The van der Waals surface area contributed by atoms with Crippen LogP contribution in [0.1, 0.15) is 25.3 Å². The van der Waals surface area contributed by atoms with E-state index in [1.807, 2.05) is 0 Å². The molecule has 0 aliphatic carbocycles.